The number of nitrogens with two attached hydrogens (primary N) is 1. The second-order valence-electron chi connectivity index (χ2n) is 2.38. The van der Waals surface area contributed by atoms with Gasteiger partial charge in [-0.1, -0.05) is 0 Å². The van der Waals surface area contributed by atoms with Crippen LogP contribution in [0.15, 0.2) is 12.1 Å². The second-order valence-corrected chi connectivity index (χ2v) is 3.54. The molecule has 0 amide bonds. The zero-order chi connectivity index (χ0) is 10.0. The SMILES string of the molecule is N#Cc1cc(C(F)F)cc(I)c1N. The number of anilines is 1. The van der Waals surface area contributed by atoms with Crippen LogP contribution in [0.3, 0.4) is 0 Å². The van der Waals surface area contributed by atoms with Gasteiger partial charge in [-0.15, -0.1) is 0 Å². The molecule has 2 N–H and O–H groups in total. The van der Waals surface area contributed by atoms with Gasteiger partial charge in [-0.05, 0) is 34.7 Å². The maximum absolute atomic E-state index is 12.2. The van der Waals surface area contributed by atoms with Gasteiger partial charge in [0.2, 0.25) is 0 Å². The van der Waals surface area contributed by atoms with Crippen molar-refractivity contribution >= 4 is 28.3 Å². The molecule has 0 radical (unpaired) electrons. The van der Waals surface area contributed by atoms with Crippen LogP contribution in [0.4, 0.5) is 14.5 Å². The number of benzene rings is 1. The van der Waals surface area contributed by atoms with Crippen LogP contribution in [0.25, 0.3) is 0 Å². The molecule has 0 fully saturated rings. The van der Waals surface area contributed by atoms with Crippen LogP contribution in [-0.2, 0) is 0 Å². The van der Waals surface area contributed by atoms with Gasteiger partial charge in [0.1, 0.15) is 6.07 Å². The van der Waals surface area contributed by atoms with Gasteiger partial charge in [0.25, 0.3) is 6.43 Å². The van der Waals surface area contributed by atoms with E-state index in [1.807, 2.05) is 22.6 Å². The highest BCUT2D eigenvalue weighted by atomic mass is 127. The van der Waals surface area contributed by atoms with E-state index in [0.717, 1.165) is 6.07 Å². The van der Waals surface area contributed by atoms with Crippen molar-refractivity contribution < 1.29 is 8.78 Å². The Morgan fingerprint density at radius 2 is 2.08 bits per heavy atom. The van der Waals surface area contributed by atoms with Gasteiger partial charge in [0.05, 0.1) is 11.3 Å². The first-order valence-electron chi connectivity index (χ1n) is 3.33. The average molecular weight is 294 g/mol. The Morgan fingerprint density at radius 3 is 2.54 bits per heavy atom. The molecule has 0 spiro atoms. The smallest absolute Gasteiger partial charge is 0.263 e. The number of hydrogen-bond acceptors (Lipinski definition) is 2. The fourth-order valence-electron chi connectivity index (χ4n) is 0.857. The lowest BCUT2D eigenvalue weighted by atomic mass is 10.1. The van der Waals surface area contributed by atoms with Crippen LogP contribution in [-0.4, -0.2) is 0 Å². The fourth-order valence-corrected chi connectivity index (χ4v) is 1.51. The Hall–Kier alpha value is -0.900. The molecule has 0 aliphatic rings. The maximum atomic E-state index is 12.2. The average Bonchev–Trinajstić information content (AvgIpc) is 2.09. The number of rotatable bonds is 1. The first-order chi connectivity index (χ1) is 6.06. The highest BCUT2D eigenvalue weighted by Gasteiger charge is 2.12. The van der Waals surface area contributed by atoms with Gasteiger partial charge in [0.15, 0.2) is 0 Å². The first-order valence-corrected chi connectivity index (χ1v) is 4.41. The molecule has 0 saturated heterocycles. The van der Waals surface area contributed by atoms with Crippen LogP contribution in [0.2, 0.25) is 0 Å². The summed E-state index contributed by atoms with van der Waals surface area (Å²) in [5.74, 6) is 0. The Balaban J connectivity index is 3.32. The van der Waals surface area contributed by atoms with Gasteiger partial charge in [-0.3, -0.25) is 0 Å². The van der Waals surface area contributed by atoms with E-state index < -0.39 is 6.43 Å². The minimum Gasteiger partial charge on any atom is -0.397 e. The van der Waals surface area contributed by atoms with Crippen LogP contribution in [0, 0.1) is 14.9 Å². The predicted octanol–water partition coefficient (Wildman–Crippen LogP) is 2.68. The number of nitriles is 1. The topological polar surface area (TPSA) is 49.8 Å². The molecular formula is C8H5F2IN2. The summed E-state index contributed by atoms with van der Waals surface area (Å²) in [7, 11) is 0. The summed E-state index contributed by atoms with van der Waals surface area (Å²) in [6, 6.07) is 4.16. The van der Waals surface area contributed by atoms with Gasteiger partial charge in [-0.2, -0.15) is 5.26 Å². The Kier molecular flexibility index (Phi) is 3.03. The van der Waals surface area contributed by atoms with Gasteiger partial charge < -0.3 is 5.73 Å². The van der Waals surface area contributed by atoms with E-state index in [-0.39, 0.29) is 16.8 Å². The Morgan fingerprint density at radius 1 is 1.46 bits per heavy atom. The molecule has 13 heavy (non-hydrogen) atoms. The molecule has 0 aliphatic heterocycles. The number of nitrogen functional groups attached to an aromatic ring is 1. The molecule has 0 bridgehead atoms. The molecule has 5 heteroatoms. The number of hydrogen-bond donors (Lipinski definition) is 1. The molecule has 0 aromatic heterocycles. The third-order valence-corrected chi connectivity index (χ3v) is 2.42. The molecule has 0 aliphatic carbocycles. The Bertz CT molecular complexity index is 371. The lowest BCUT2D eigenvalue weighted by molar-refractivity contribution is 0.151. The van der Waals surface area contributed by atoms with E-state index in [4.69, 9.17) is 11.0 Å². The second kappa shape index (κ2) is 3.87. The lowest BCUT2D eigenvalue weighted by Gasteiger charge is -2.04. The van der Waals surface area contributed by atoms with Crippen LogP contribution >= 0.6 is 22.6 Å². The van der Waals surface area contributed by atoms with Crippen LogP contribution < -0.4 is 5.73 Å². The van der Waals surface area contributed by atoms with Gasteiger partial charge in [0, 0.05) is 9.13 Å². The van der Waals surface area contributed by atoms with Crippen molar-refractivity contribution in [1.82, 2.24) is 0 Å². The summed E-state index contributed by atoms with van der Waals surface area (Å²) in [6.45, 7) is 0. The van der Waals surface area contributed by atoms with E-state index in [0.29, 0.717) is 3.57 Å². The largest absolute Gasteiger partial charge is 0.397 e. The van der Waals surface area contributed by atoms with Crippen molar-refractivity contribution in [1.29, 1.82) is 5.26 Å². The molecule has 1 aromatic rings. The van der Waals surface area contributed by atoms with Crippen molar-refractivity contribution in [2.45, 2.75) is 6.43 Å². The molecule has 1 rings (SSSR count). The molecule has 0 unspecified atom stereocenters. The number of halogens is 3. The van der Waals surface area contributed by atoms with E-state index in [1.165, 1.54) is 6.07 Å². The summed E-state index contributed by atoms with van der Waals surface area (Å²) in [6.07, 6.45) is -2.57. The van der Waals surface area contributed by atoms with Gasteiger partial charge in [-0.25, -0.2) is 8.78 Å². The molecule has 0 saturated carbocycles. The zero-order valence-electron chi connectivity index (χ0n) is 6.39. The van der Waals surface area contributed by atoms with E-state index in [1.54, 1.807) is 6.07 Å². The summed E-state index contributed by atoms with van der Waals surface area (Å²) in [5.41, 5.74) is 5.67. The summed E-state index contributed by atoms with van der Waals surface area (Å²) in [5, 5.41) is 8.57. The third-order valence-electron chi connectivity index (χ3n) is 1.52. The van der Waals surface area contributed by atoms with E-state index in [9.17, 15) is 8.78 Å². The first kappa shape index (κ1) is 10.2. The lowest BCUT2D eigenvalue weighted by Crippen LogP contribution is -1.97. The Labute approximate surface area is 87.5 Å². The quantitative estimate of drug-likeness (QED) is 0.639. The predicted molar refractivity (Wildman–Crippen MR) is 53.2 cm³/mol. The van der Waals surface area contributed by atoms with E-state index >= 15 is 0 Å². The van der Waals surface area contributed by atoms with E-state index in [2.05, 4.69) is 0 Å². The van der Waals surface area contributed by atoms with Crippen molar-refractivity contribution in [3.05, 3.63) is 26.8 Å². The molecule has 0 heterocycles. The minimum atomic E-state index is -2.57. The van der Waals surface area contributed by atoms with Crippen molar-refractivity contribution in [2.24, 2.45) is 0 Å². The highest BCUT2D eigenvalue weighted by molar-refractivity contribution is 14.1. The van der Waals surface area contributed by atoms with Crippen molar-refractivity contribution in [3.63, 3.8) is 0 Å². The summed E-state index contributed by atoms with van der Waals surface area (Å²) in [4.78, 5) is 0. The molecule has 0 atom stereocenters. The van der Waals surface area contributed by atoms with Gasteiger partial charge >= 0.3 is 0 Å². The van der Waals surface area contributed by atoms with Crippen molar-refractivity contribution in [2.75, 3.05) is 5.73 Å². The molecular weight excluding hydrogens is 289 g/mol. The molecule has 2 nitrogen and oxygen atoms in total. The number of alkyl halides is 2. The third kappa shape index (κ3) is 2.06. The zero-order valence-corrected chi connectivity index (χ0v) is 8.55. The van der Waals surface area contributed by atoms with Crippen LogP contribution in [0.5, 0.6) is 0 Å². The fraction of sp³-hybridized carbons (Fsp3) is 0.125. The standard InChI is InChI=1S/C8H5F2IN2/c9-8(10)4-1-5(3-12)7(13)6(11)2-4/h1-2,8H,13H2. The van der Waals surface area contributed by atoms with Crippen molar-refractivity contribution in [3.8, 4) is 6.07 Å². The van der Waals surface area contributed by atoms with Crippen LogP contribution in [0.1, 0.15) is 17.6 Å². The molecule has 68 valence electrons. The summed E-state index contributed by atoms with van der Waals surface area (Å²) < 4.78 is 25.0. The number of nitrogens with zero attached hydrogens (tertiary/aromatic N) is 1. The minimum absolute atomic E-state index is 0.0993. The monoisotopic (exact) mass is 294 g/mol. The summed E-state index contributed by atoms with van der Waals surface area (Å²) >= 11 is 1.82. The highest BCUT2D eigenvalue weighted by Crippen LogP contribution is 2.27. The normalized spacial score (nSPS) is 10.1. The maximum Gasteiger partial charge on any atom is 0.263 e. The molecule has 1 aromatic carbocycles.